The number of aryl methyl sites for hydroxylation is 1. The van der Waals surface area contributed by atoms with Crippen molar-refractivity contribution in [2.45, 2.75) is 13.5 Å². The van der Waals surface area contributed by atoms with Gasteiger partial charge in [0, 0.05) is 18.1 Å². The maximum Gasteiger partial charge on any atom is 0.328 e. The van der Waals surface area contributed by atoms with Gasteiger partial charge in [0.2, 0.25) is 0 Å². The van der Waals surface area contributed by atoms with Crippen LogP contribution in [-0.2, 0) is 6.54 Å². The van der Waals surface area contributed by atoms with E-state index >= 15 is 0 Å². The van der Waals surface area contributed by atoms with Crippen molar-refractivity contribution >= 4 is 17.2 Å². The predicted molar refractivity (Wildman–Crippen MR) is 75.4 cm³/mol. The first-order valence-electron chi connectivity index (χ1n) is 5.97. The Morgan fingerprint density at radius 2 is 2.10 bits per heavy atom. The summed E-state index contributed by atoms with van der Waals surface area (Å²) in [7, 11) is 0. The Bertz CT molecular complexity index is 907. The molecule has 0 unspecified atom stereocenters. The van der Waals surface area contributed by atoms with E-state index in [9.17, 15) is 9.59 Å². The summed E-state index contributed by atoms with van der Waals surface area (Å²) in [6.07, 6.45) is 3.18. The van der Waals surface area contributed by atoms with Crippen LogP contribution in [0.3, 0.4) is 0 Å². The minimum atomic E-state index is -0.584. The Morgan fingerprint density at radius 3 is 2.85 bits per heavy atom. The summed E-state index contributed by atoms with van der Waals surface area (Å²) in [6, 6.07) is 5.78. The maximum absolute atomic E-state index is 11.7. The number of pyridine rings is 1. The van der Waals surface area contributed by atoms with Crippen molar-refractivity contribution in [3.8, 4) is 0 Å². The van der Waals surface area contributed by atoms with Gasteiger partial charge in [-0.25, -0.2) is 9.78 Å². The molecule has 0 aliphatic carbocycles. The molecule has 3 rings (SSSR count). The molecule has 6 nitrogen and oxygen atoms in total. The number of rotatable bonds is 2. The number of H-pyrrole nitrogens is 1. The van der Waals surface area contributed by atoms with Crippen LogP contribution in [0.5, 0.6) is 0 Å². The van der Waals surface area contributed by atoms with Crippen molar-refractivity contribution in [3.63, 3.8) is 0 Å². The van der Waals surface area contributed by atoms with Gasteiger partial charge in [0.1, 0.15) is 10.7 Å². The van der Waals surface area contributed by atoms with E-state index in [1.54, 1.807) is 0 Å². The number of aromatic nitrogens is 4. The molecule has 0 aromatic carbocycles. The van der Waals surface area contributed by atoms with Crippen LogP contribution in [0.1, 0.15) is 11.4 Å². The van der Waals surface area contributed by atoms with Crippen LogP contribution in [0.15, 0.2) is 40.2 Å². The van der Waals surface area contributed by atoms with E-state index in [2.05, 4.69) is 9.97 Å². The topological polar surface area (TPSA) is 72.2 Å². The van der Waals surface area contributed by atoms with Gasteiger partial charge in [-0.1, -0.05) is 17.7 Å². The summed E-state index contributed by atoms with van der Waals surface area (Å²) in [5, 5.41) is -0.0236. The average molecular weight is 291 g/mol. The number of nitrogens with one attached hydrogen (secondary N) is 1. The average Bonchev–Trinajstić information content (AvgIpc) is 2.80. The van der Waals surface area contributed by atoms with E-state index in [4.69, 9.17) is 11.6 Å². The van der Waals surface area contributed by atoms with Crippen molar-refractivity contribution in [3.05, 3.63) is 67.8 Å². The van der Waals surface area contributed by atoms with E-state index in [-0.39, 0.29) is 11.6 Å². The highest BCUT2D eigenvalue weighted by atomic mass is 35.5. The molecule has 1 N–H and O–H groups in total. The molecule has 3 aromatic rings. The number of nitrogens with zero attached hydrogens (tertiary/aromatic N) is 3. The second-order valence-electron chi connectivity index (χ2n) is 4.49. The molecule has 0 saturated carbocycles. The number of hydrogen-bond donors (Lipinski definition) is 1. The zero-order valence-electron chi connectivity index (χ0n) is 10.6. The Kier molecular flexibility index (Phi) is 2.94. The quantitative estimate of drug-likeness (QED) is 0.771. The fourth-order valence-electron chi connectivity index (χ4n) is 2.05. The lowest BCUT2D eigenvalue weighted by Gasteiger charge is -2.02. The summed E-state index contributed by atoms with van der Waals surface area (Å²) in [6.45, 7) is 2.22. The lowest BCUT2D eigenvalue weighted by molar-refractivity contribution is 0.709. The largest absolute Gasteiger partial charge is 0.328 e. The molecule has 0 atom stereocenters. The van der Waals surface area contributed by atoms with Gasteiger partial charge in [0.05, 0.1) is 12.2 Å². The van der Waals surface area contributed by atoms with E-state index < -0.39 is 11.2 Å². The third kappa shape index (κ3) is 2.14. The first-order chi connectivity index (χ1) is 9.54. The first kappa shape index (κ1) is 12.7. The molecule has 0 aliphatic heterocycles. The summed E-state index contributed by atoms with van der Waals surface area (Å²) in [4.78, 5) is 29.5. The van der Waals surface area contributed by atoms with Gasteiger partial charge in [-0.3, -0.25) is 14.3 Å². The van der Waals surface area contributed by atoms with E-state index in [1.165, 1.54) is 10.8 Å². The van der Waals surface area contributed by atoms with Gasteiger partial charge >= 0.3 is 5.69 Å². The second kappa shape index (κ2) is 4.64. The van der Waals surface area contributed by atoms with Crippen molar-refractivity contribution < 1.29 is 0 Å². The number of aromatic amines is 1. The number of imidazole rings is 1. The van der Waals surface area contributed by atoms with Crippen LogP contribution < -0.4 is 11.2 Å². The summed E-state index contributed by atoms with van der Waals surface area (Å²) >= 11 is 5.73. The molecule has 0 saturated heterocycles. The molecule has 0 aliphatic rings. The molecule has 3 heterocycles. The van der Waals surface area contributed by atoms with Gasteiger partial charge in [-0.15, -0.1) is 0 Å². The fourth-order valence-corrected chi connectivity index (χ4v) is 2.21. The molecule has 0 radical (unpaired) electrons. The van der Waals surface area contributed by atoms with Gasteiger partial charge in [-0.2, -0.15) is 0 Å². The van der Waals surface area contributed by atoms with Crippen LogP contribution in [0.25, 0.3) is 5.65 Å². The van der Waals surface area contributed by atoms with Crippen molar-refractivity contribution in [1.82, 2.24) is 18.9 Å². The highest BCUT2D eigenvalue weighted by molar-refractivity contribution is 6.30. The molecule has 7 heteroatoms. The molecule has 20 heavy (non-hydrogen) atoms. The summed E-state index contributed by atoms with van der Waals surface area (Å²) in [5.41, 5.74) is 1.48. The zero-order chi connectivity index (χ0) is 14.3. The van der Waals surface area contributed by atoms with Gasteiger partial charge in [0.15, 0.2) is 0 Å². The Labute approximate surface area is 118 Å². The Balaban J connectivity index is 2.05. The van der Waals surface area contributed by atoms with Crippen LogP contribution in [0.4, 0.5) is 0 Å². The first-order valence-corrected chi connectivity index (χ1v) is 6.35. The number of hydrogen-bond acceptors (Lipinski definition) is 3. The standard InChI is InChI=1S/C13H11ClN4O2/c1-8-3-2-4-11-15-9(6-18(8)11)5-17-7-10(14)12(19)16-13(17)20/h2-4,6-7H,5H2,1H3,(H,16,19,20). The molecule has 0 bridgehead atoms. The normalized spacial score (nSPS) is 11.1. The fraction of sp³-hybridized carbons (Fsp3) is 0.154. The monoisotopic (exact) mass is 290 g/mol. The Morgan fingerprint density at radius 1 is 1.30 bits per heavy atom. The van der Waals surface area contributed by atoms with Crippen molar-refractivity contribution in [2.24, 2.45) is 0 Å². The van der Waals surface area contributed by atoms with E-state index in [0.29, 0.717) is 5.69 Å². The lowest BCUT2D eigenvalue weighted by Crippen LogP contribution is -2.30. The number of fused-ring (bicyclic) bond motifs is 1. The minimum absolute atomic E-state index is 0.0236. The van der Waals surface area contributed by atoms with Crippen LogP contribution in [0, 0.1) is 6.92 Å². The summed E-state index contributed by atoms with van der Waals surface area (Å²) in [5.74, 6) is 0. The molecule has 102 valence electrons. The van der Waals surface area contributed by atoms with Crippen molar-refractivity contribution in [1.29, 1.82) is 0 Å². The molecular formula is C13H11ClN4O2. The lowest BCUT2D eigenvalue weighted by atomic mass is 10.4. The highest BCUT2D eigenvalue weighted by Gasteiger charge is 2.07. The molecule has 3 aromatic heterocycles. The number of halogens is 1. The molecule has 0 fully saturated rings. The van der Waals surface area contributed by atoms with E-state index in [0.717, 1.165) is 11.3 Å². The Hall–Kier alpha value is -2.34. The minimum Gasteiger partial charge on any atom is -0.304 e. The SMILES string of the molecule is Cc1cccc2nc(Cn3cc(Cl)c(=O)[nH]c3=O)cn12. The van der Waals surface area contributed by atoms with Crippen LogP contribution in [-0.4, -0.2) is 18.9 Å². The zero-order valence-corrected chi connectivity index (χ0v) is 11.4. The summed E-state index contributed by atoms with van der Waals surface area (Å²) < 4.78 is 3.26. The van der Waals surface area contributed by atoms with Crippen LogP contribution in [0.2, 0.25) is 5.02 Å². The molecular weight excluding hydrogens is 280 g/mol. The molecule has 0 amide bonds. The van der Waals surface area contributed by atoms with Gasteiger partial charge in [0.25, 0.3) is 5.56 Å². The molecule has 0 spiro atoms. The van der Waals surface area contributed by atoms with E-state index in [1.807, 2.05) is 35.7 Å². The third-order valence-electron chi connectivity index (χ3n) is 3.05. The smallest absolute Gasteiger partial charge is 0.304 e. The highest BCUT2D eigenvalue weighted by Crippen LogP contribution is 2.09. The predicted octanol–water partition coefficient (Wildman–Crippen LogP) is 1.19. The van der Waals surface area contributed by atoms with Gasteiger partial charge < -0.3 is 4.40 Å². The van der Waals surface area contributed by atoms with Crippen molar-refractivity contribution in [2.75, 3.05) is 0 Å². The second-order valence-corrected chi connectivity index (χ2v) is 4.90. The maximum atomic E-state index is 11.7. The van der Waals surface area contributed by atoms with Gasteiger partial charge in [-0.05, 0) is 19.1 Å². The third-order valence-corrected chi connectivity index (χ3v) is 3.31. The van der Waals surface area contributed by atoms with Crippen LogP contribution >= 0.6 is 11.6 Å².